The number of methoxy groups -OCH3 is 1. The maximum Gasteiger partial charge on any atom is 0.264 e. The minimum atomic E-state index is -0.333. The first kappa shape index (κ1) is 16.0. The number of fused-ring (bicyclic) bond motifs is 1. The summed E-state index contributed by atoms with van der Waals surface area (Å²) in [7, 11) is 1.61. The molecule has 0 aliphatic rings. The van der Waals surface area contributed by atoms with Crippen molar-refractivity contribution >= 4 is 11.0 Å². The van der Waals surface area contributed by atoms with E-state index in [-0.39, 0.29) is 11.4 Å². The first-order valence-electron chi connectivity index (χ1n) is 7.98. The van der Waals surface area contributed by atoms with Crippen LogP contribution in [0, 0.1) is 5.82 Å². The van der Waals surface area contributed by atoms with E-state index in [1.165, 1.54) is 33.9 Å². The van der Waals surface area contributed by atoms with Gasteiger partial charge in [0.15, 0.2) is 5.65 Å². The standard InChI is InChI=1S/C19H15FN4O2/c1-26-16-8-2-13(3-9-16)11-23-12-21-18-17(19(23)25)10-22-24(18)15-6-4-14(20)5-7-15/h2-10,12H,11H2,1H3. The summed E-state index contributed by atoms with van der Waals surface area (Å²) in [4.78, 5) is 17.1. The highest BCUT2D eigenvalue weighted by Crippen LogP contribution is 2.15. The SMILES string of the molecule is COc1ccc(Cn2cnc3c(cnn3-c3ccc(F)cc3)c2=O)cc1. The molecule has 0 bridgehead atoms. The van der Waals surface area contributed by atoms with Crippen LogP contribution in [0.2, 0.25) is 0 Å². The van der Waals surface area contributed by atoms with Crippen molar-refractivity contribution in [3.63, 3.8) is 0 Å². The smallest absolute Gasteiger partial charge is 0.264 e. The summed E-state index contributed by atoms with van der Waals surface area (Å²) >= 11 is 0. The van der Waals surface area contributed by atoms with Crippen LogP contribution in [-0.4, -0.2) is 26.4 Å². The lowest BCUT2D eigenvalue weighted by Crippen LogP contribution is -2.21. The lowest BCUT2D eigenvalue weighted by Gasteiger charge is -2.07. The van der Waals surface area contributed by atoms with Gasteiger partial charge in [-0.05, 0) is 42.0 Å². The third-order valence-corrected chi connectivity index (χ3v) is 4.14. The van der Waals surface area contributed by atoms with Crippen LogP contribution in [-0.2, 0) is 6.54 Å². The zero-order chi connectivity index (χ0) is 18.1. The van der Waals surface area contributed by atoms with Crippen LogP contribution in [0.5, 0.6) is 5.75 Å². The second-order valence-corrected chi connectivity index (χ2v) is 5.80. The Morgan fingerprint density at radius 2 is 1.81 bits per heavy atom. The maximum atomic E-state index is 13.1. The van der Waals surface area contributed by atoms with Crippen LogP contribution >= 0.6 is 0 Å². The summed E-state index contributed by atoms with van der Waals surface area (Å²) < 4.78 is 21.3. The van der Waals surface area contributed by atoms with Crippen molar-refractivity contribution in [2.75, 3.05) is 7.11 Å². The fourth-order valence-corrected chi connectivity index (χ4v) is 2.76. The molecule has 4 aromatic rings. The highest BCUT2D eigenvalue weighted by Gasteiger charge is 2.12. The summed E-state index contributed by atoms with van der Waals surface area (Å²) in [6.45, 7) is 0.396. The molecule has 0 radical (unpaired) electrons. The Bertz CT molecular complexity index is 1120. The van der Waals surface area contributed by atoms with Gasteiger partial charge in [-0.3, -0.25) is 9.36 Å². The summed E-state index contributed by atoms with van der Waals surface area (Å²) in [6.07, 6.45) is 2.98. The van der Waals surface area contributed by atoms with Crippen molar-refractivity contribution in [1.29, 1.82) is 0 Å². The monoisotopic (exact) mass is 350 g/mol. The largest absolute Gasteiger partial charge is 0.497 e. The summed E-state index contributed by atoms with van der Waals surface area (Å²) in [5.41, 5.74) is 1.85. The van der Waals surface area contributed by atoms with Crippen LogP contribution in [0.3, 0.4) is 0 Å². The number of nitrogens with zero attached hydrogens (tertiary/aromatic N) is 4. The summed E-state index contributed by atoms with van der Waals surface area (Å²) in [5, 5.41) is 4.64. The molecule has 0 atom stereocenters. The molecule has 0 aliphatic heterocycles. The molecule has 0 fully saturated rings. The topological polar surface area (TPSA) is 61.9 Å². The van der Waals surface area contributed by atoms with E-state index in [0.717, 1.165) is 11.3 Å². The number of hydrogen-bond acceptors (Lipinski definition) is 4. The quantitative estimate of drug-likeness (QED) is 0.568. The van der Waals surface area contributed by atoms with Crippen LogP contribution in [0.4, 0.5) is 4.39 Å². The Morgan fingerprint density at radius 1 is 1.08 bits per heavy atom. The van der Waals surface area contributed by atoms with E-state index in [0.29, 0.717) is 23.3 Å². The second kappa shape index (κ2) is 6.44. The number of rotatable bonds is 4. The van der Waals surface area contributed by atoms with E-state index in [4.69, 9.17) is 4.74 Å². The van der Waals surface area contributed by atoms with E-state index >= 15 is 0 Å². The lowest BCUT2D eigenvalue weighted by molar-refractivity contribution is 0.414. The highest BCUT2D eigenvalue weighted by atomic mass is 19.1. The highest BCUT2D eigenvalue weighted by molar-refractivity contribution is 5.74. The molecule has 0 aliphatic carbocycles. The van der Waals surface area contributed by atoms with Gasteiger partial charge in [-0.25, -0.2) is 14.1 Å². The van der Waals surface area contributed by atoms with E-state index < -0.39 is 0 Å². The van der Waals surface area contributed by atoms with Crippen LogP contribution in [0.1, 0.15) is 5.56 Å². The minimum absolute atomic E-state index is 0.181. The van der Waals surface area contributed by atoms with Crippen LogP contribution < -0.4 is 10.3 Å². The molecular formula is C19H15FN4O2. The van der Waals surface area contributed by atoms with Gasteiger partial charge in [0.05, 0.1) is 25.5 Å². The molecule has 7 heteroatoms. The minimum Gasteiger partial charge on any atom is -0.497 e. The number of aromatic nitrogens is 4. The van der Waals surface area contributed by atoms with Gasteiger partial charge in [0.2, 0.25) is 0 Å². The molecule has 6 nitrogen and oxygen atoms in total. The molecular weight excluding hydrogens is 335 g/mol. The van der Waals surface area contributed by atoms with Crippen molar-refractivity contribution in [2.24, 2.45) is 0 Å². The first-order chi connectivity index (χ1) is 12.7. The summed E-state index contributed by atoms with van der Waals surface area (Å²) in [6, 6.07) is 13.4. The Balaban J connectivity index is 1.71. The Hall–Kier alpha value is -3.48. The van der Waals surface area contributed by atoms with Crippen LogP contribution in [0.25, 0.3) is 16.7 Å². The van der Waals surface area contributed by atoms with Gasteiger partial charge >= 0.3 is 0 Å². The summed E-state index contributed by atoms with van der Waals surface area (Å²) in [5.74, 6) is 0.426. The molecule has 0 saturated carbocycles. The fourth-order valence-electron chi connectivity index (χ4n) is 2.76. The van der Waals surface area contributed by atoms with Gasteiger partial charge < -0.3 is 4.74 Å². The molecule has 0 saturated heterocycles. The second-order valence-electron chi connectivity index (χ2n) is 5.80. The third-order valence-electron chi connectivity index (χ3n) is 4.14. The third kappa shape index (κ3) is 2.83. The van der Waals surface area contributed by atoms with Crippen molar-refractivity contribution < 1.29 is 9.13 Å². The molecule has 26 heavy (non-hydrogen) atoms. The van der Waals surface area contributed by atoms with E-state index in [1.54, 1.807) is 19.2 Å². The van der Waals surface area contributed by atoms with Gasteiger partial charge in [-0.2, -0.15) is 5.10 Å². The predicted molar refractivity (Wildman–Crippen MR) is 95.2 cm³/mol. The van der Waals surface area contributed by atoms with Gasteiger partial charge in [0.25, 0.3) is 5.56 Å². The van der Waals surface area contributed by atoms with Crippen molar-refractivity contribution in [2.45, 2.75) is 6.54 Å². The van der Waals surface area contributed by atoms with E-state index in [9.17, 15) is 9.18 Å². The van der Waals surface area contributed by atoms with Gasteiger partial charge in [-0.15, -0.1) is 0 Å². The van der Waals surface area contributed by atoms with Gasteiger partial charge in [0.1, 0.15) is 23.3 Å². The van der Waals surface area contributed by atoms with Crippen LogP contribution in [0.15, 0.2) is 65.8 Å². The zero-order valence-electron chi connectivity index (χ0n) is 14.0. The maximum absolute atomic E-state index is 13.1. The average Bonchev–Trinajstić information content (AvgIpc) is 3.10. The number of hydrogen-bond donors (Lipinski definition) is 0. The van der Waals surface area contributed by atoms with Crippen molar-refractivity contribution in [1.82, 2.24) is 19.3 Å². The first-order valence-corrected chi connectivity index (χ1v) is 7.98. The molecule has 0 N–H and O–H groups in total. The van der Waals surface area contributed by atoms with E-state index in [1.807, 2.05) is 24.3 Å². The Morgan fingerprint density at radius 3 is 2.50 bits per heavy atom. The Kier molecular flexibility index (Phi) is 3.96. The van der Waals surface area contributed by atoms with Crippen molar-refractivity contribution in [3.05, 3.63) is 82.8 Å². The zero-order valence-corrected chi connectivity index (χ0v) is 14.0. The van der Waals surface area contributed by atoms with Crippen molar-refractivity contribution in [3.8, 4) is 11.4 Å². The predicted octanol–water partition coefficient (Wildman–Crippen LogP) is 2.78. The number of benzene rings is 2. The van der Waals surface area contributed by atoms with Gasteiger partial charge in [0, 0.05) is 0 Å². The molecule has 0 amide bonds. The molecule has 2 aromatic heterocycles. The molecule has 4 rings (SSSR count). The molecule has 2 heterocycles. The number of ether oxygens (including phenoxy) is 1. The molecule has 130 valence electrons. The molecule has 0 unspecified atom stereocenters. The van der Waals surface area contributed by atoms with Gasteiger partial charge in [-0.1, -0.05) is 12.1 Å². The average molecular weight is 350 g/mol. The number of halogens is 1. The fraction of sp³-hybridized carbons (Fsp3) is 0.105. The molecule has 0 spiro atoms. The van der Waals surface area contributed by atoms with E-state index in [2.05, 4.69) is 10.1 Å². The Labute approximate surface area is 148 Å². The lowest BCUT2D eigenvalue weighted by atomic mass is 10.2. The normalized spacial score (nSPS) is 11.0. The molecule has 2 aromatic carbocycles.